The molecule has 0 fully saturated rings. The third kappa shape index (κ3) is 11.5. The van der Waals surface area contributed by atoms with Gasteiger partial charge in [0.15, 0.2) is 0 Å². The SMILES string of the molecule is CCOC(=O)CCNC(=O)C(c1cc(C)ccc1C)N(C(=O)C(CCSC)NC(=O)OC(C)(C)C)C(C)(C)C. The fourth-order valence-electron chi connectivity index (χ4n) is 4.03. The fourth-order valence-corrected chi connectivity index (χ4v) is 4.50. The summed E-state index contributed by atoms with van der Waals surface area (Å²) in [5.74, 6) is -0.612. The Hall–Kier alpha value is -2.75. The molecule has 0 saturated heterocycles. The summed E-state index contributed by atoms with van der Waals surface area (Å²) in [6, 6.07) is 3.85. The number of carbonyl (C=O) groups excluding carboxylic acids is 4. The number of esters is 1. The molecule has 1 aromatic rings. The van der Waals surface area contributed by atoms with Gasteiger partial charge in [-0.05, 0) is 91.9 Å². The predicted molar refractivity (Wildman–Crippen MR) is 156 cm³/mol. The molecule has 220 valence electrons. The van der Waals surface area contributed by atoms with Gasteiger partial charge in [-0.2, -0.15) is 11.8 Å². The van der Waals surface area contributed by atoms with Crippen LogP contribution in [0.25, 0.3) is 0 Å². The number of benzene rings is 1. The standard InChI is InChI=1S/C29H47N3O6S/c1-11-37-23(33)14-16-30-25(34)24(21-18-19(2)12-13-20(21)3)32(28(4,5)6)26(35)22(15-17-39-10)31-27(36)38-29(7,8)9/h12-13,18,22,24H,11,14-17H2,1-10H3,(H,30,34)(H,31,36). The zero-order valence-electron chi connectivity index (χ0n) is 25.2. The highest BCUT2D eigenvalue weighted by Crippen LogP contribution is 2.32. The fraction of sp³-hybridized carbons (Fsp3) is 0.655. The average Bonchev–Trinajstić information content (AvgIpc) is 2.79. The van der Waals surface area contributed by atoms with Crippen LogP contribution in [0.2, 0.25) is 0 Å². The molecule has 0 spiro atoms. The summed E-state index contributed by atoms with van der Waals surface area (Å²) in [5, 5.41) is 5.57. The highest BCUT2D eigenvalue weighted by Gasteiger charge is 2.42. The molecule has 0 radical (unpaired) electrons. The van der Waals surface area contributed by atoms with Crippen molar-refractivity contribution in [3.8, 4) is 0 Å². The molecule has 39 heavy (non-hydrogen) atoms. The van der Waals surface area contributed by atoms with Crippen molar-refractivity contribution in [3.05, 3.63) is 34.9 Å². The van der Waals surface area contributed by atoms with Crippen LogP contribution >= 0.6 is 11.8 Å². The van der Waals surface area contributed by atoms with E-state index in [0.29, 0.717) is 17.7 Å². The first kappa shape index (κ1) is 34.3. The largest absolute Gasteiger partial charge is 0.466 e. The maximum absolute atomic E-state index is 14.3. The number of rotatable bonds is 12. The van der Waals surface area contributed by atoms with E-state index in [0.717, 1.165) is 11.1 Å². The van der Waals surface area contributed by atoms with Crippen molar-refractivity contribution in [2.45, 2.75) is 98.4 Å². The van der Waals surface area contributed by atoms with E-state index in [1.54, 1.807) is 39.5 Å². The van der Waals surface area contributed by atoms with Gasteiger partial charge in [0.25, 0.3) is 0 Å². The average molecular weight is 566 g/mol. The molecule has 10 heteroatoms. The maximum atomic E-state index is 14.3. The maximum Gasteiger partial charge on any atom is 0.408 e. The van der Waals surface area contributed by atoms with Gasteiger partial charge in [-0.3, -0.25) is 14.4 Å². The van der Waals surface area contributed by atoms with E-state index in [9.17, 15) is 19.2 Å². The lowest BCUT2D eigenvalue weighted by Gasteiger charge is -2.43. The third-order valence-electron chi connectivity index (χ3n) is 5.73. The topological polar surface area (TPSA) is 114 Å². The van der Waals surface area contributed by atoms with E-state index < -0.39 is 47.1 Å². The van der Waals surface area contributed by atoms with Gasteiger partial charge in [-0.1, -0.05) is 23.8 Å². The molecule has 1 aromatic carbocycles. The molecular weight excluding hydrogens is 518 g/mol. The lowest BCUT2D eigenvalue weighted by molar-refractivity contribution is -0.149. The number of alkyl carbamates (subject to hydrolysis) is 1. The van der Waals surface area contributed by atoms with Crippen LogP contribution in [0.5, 0.6) is 0 Å². The second kappa shape index (κ2) is 15.1. The quantitative estimate of drug-likeness (QED) is 0.354. The molecule has 9 nitrogen and oxygen atoms in total. The van der Waals surface area contributed by atoms with Gasteiger partial charge in [0.05, 0.1) is 13.0 Å². The van der Waals surface area contributed by atoms with Crippen LogP contribution in [0, 0.1) is 13.8 Å². The van der Waals surface area contributed by atoms with Gasteiger partial charge >= 0.3 is 12.1 Å². The summed E-state index contributed by atoms with van der Waals surface area (Å²) in [6.07, 6.45) is 1.60. The monoisotopic (exact) mass is 565 g/mol. The Morgan fingerprint density at radius 2 is 1.69 bits per heavy atom. The normalized spacial score (nSPS) is 13.2. The van der Waals surface area contributed by atoms with E-state index in [2.05, 4.69) is 10.6 Å². The zero-order chi connectivity index (χ0) is 30.0. The lowest BCUT2D eigenvalue weighted by Crippen LogP contribution is -2.59. The Kier molecular flexibility index (Phi) is 13.3. The van der Waals surface area contributed by atoms with E-state index >= 15 is 0 Å². The van der Waals surface area contributed by atoms with Gasteiger partial charge in [0.1, 0.15) is 17.7 Å². The molecule has 0 heterocycles. The predicted octanol–water partition coefficient (Wildman–Crippen LogP) is 4.69. The first-order valence-electron chi connectivity index (χ1n) is 13.3. The van der Waals surface area contributed by atoms with Crippen molar-refractivity contribution in [2.24, 2.45) is 0 Å². The molecule has 3 amide bonds. The molecule has 1 rings (SSSR count). The Morgan fingerprint density at radius 1 is 1.05 bits per heavy atom. The molecule has 0 bridgehead atoms. The molecule has 0 aliphatic rings. The Labute approximate surface area is 238 Å². The lowest BCUT2D eigenvalue weighted by atomic mass is 9.91. The van der Waals surface area contributed by atoms with Crippen molar-refractivity contribution in [1.82, 2.24) is 15.5 Å². The number of thioether (sulfide) groups is 1. The minimum absolute atomic E-state index is 0.0130. The number of hydrogen-bond donors (Lipinski definition) is 2. The number of nitrogens with zero attached hydrogens (tertiary/aromatic N) is 1. The minimum atomic E-state index is -1.00. The molecule has 2 N–H and O–H groups in total. The summed E-state index contributed by atoms with van der Waals surface area (Å²) in [7, 11) is 0. The Bertz CT molecular complexity index is 1000. The number of hydrogen-bond acceptors (Lipinski definition) is 7. The molecule has 0 aliphatic heterocycles. The molecule has 0 aliphatic carbocycles. The van der Waals surface area contributed by atoms with Crippen molar-refractivity contribution < 1.29 is 28.7 Å². The zero-order valence-corrected chi connectivity index (χ0v) is 26.0. The number of amides is 3. The van der Waals surface area contributed by atoms with Crippen LogP contribution in [-0.4, -0.2) is 71.1 Å². The van der Waals surface area contributed by atoms with Crippen molar-refractivity contribution in [2.75, 3.05) is 25.2 Å². The molecule has 2 unspecified atom stereocenters. The van der Waals surface area contributed by atoms with Crippen LogP contribution in [-0.2, 0) is 23.9 Å². The van der Waals surface area contributed by atoms with Crippen LogP contribution in [0.4, 0.5) is 4.79 Å². The number of ether oxygens (including phenoxy) is 2. The Morgan fingerprint density at radius 3 is 2.23 bits per heavy atom. The van der Waals surface area contributed by atoms with Crippen LogP contribution in [0.1, 0.15) is 84.0 Å². The van der Waals surface area contributed by atoms with Crippen molar-refractivity contribution in [3.63, 3.8) is 0 Å². The van der Waals surface area contributed by atoms with E-state index in [1.807, 2.05) is 59.1 Å². The van der Waals surface area contributed by atoms with Crippen LogP contribution in [0.3, 0.4) is 0 Å². The smallest absolute Gasteiger partial charge is 0.408 e. The van der Waals surface area contributed by atoms with Crippen molar-refractivity contribution in [1.29, 1.82) is 0 Å². The van der Waals surface area contributed by atoms with Gasteiger partial charge in [0.2, 0.25) is 11.8 Å². The van der Waals surface area contributed by atoms with E-state index in [1.165, 1.54) is 4.90 Å². The van der Waals surface area contributed by atoms with Gasteiger partial charge < -0.3 is 25.0 Å². The first-order chi connectivity index (χ1) is 18.0. The summed E-state index contributed by atoms with van der Waals surface area (Å²) in [6.45, 7) is 16.7. The summed E-state index contributed by atoms with van der Waals surface area (Å²) in [5.41, 5.74) is 0.915. The van der Waals surface area contributed by atoms with Crippen LogP contribution < -0.4 is 10.6 Å². The minimum Gasteiger partial charge on any atom is -0.466 e. The number of aryl methyl sites for hydroxylation is 2. The van der Waals surface area contributed by atoms with E-state index in [4.69, 9.17) is 9.47 Å². The number of carbonyl (C=O) groups is 4. The van der Waals surface area contributed by atoms with E-state index in [-0.39, 0.29) is 19.6 Å². The Balaban J connectivity index is 3.54. The second-order valence-electron chi connectivity index (χ2n) is 11.5. The highest BCUT2D eigenvalue weighted by molar-refractivity contribution is 7.98. The van der Waals surface area contributed by atoms with Gasteiger partial charge in [-0.15, -0.1) is 0 Å². The highest BCUT2D eigenvalue weighted by atomic mass is 32.2. The van der Waals surface area contributed by atoms with Crippen molar-refractivity contribution >= 4 is 35.6 Å². The first-order valence-corrected chi connectivity index (χ1v) is 14.7. The summed E-state index contributed by atoms with van der Waals surface area (Å²) in [4.78, 5) is 54.2. The number of nitrogens with one attached hydrogen (secondary N) is 2. The summed E-state index contributed by atoms with van der Waals surface area (Å²) < 4.78 is 10.4. The summed E-state index contributed by atoms with van der Waals surface area (Å²) >= 11 is 1.55. The van der Waals surface area contributed by atoms with Crippen LogP contribution in [0.15, 0.2) is 18.2 Å². The van der Waals surface area contributed by atoms with Gasteiger partial charge in [-0.25, -0.2) is 4.79 Å². The molecule has 2 atom stereocenters. The molecule has 0 aromatic heterocycles. The molecule has 0 saturated carbocycles. The van der Waals surface area contributed by atoms with Gasteiger partial charge in [0, 0.05) is 12.1 Å². The molecular formula is C29H47N3O6S. The second-order valence-corrected chi connectivity index (χ2v) is 12.5. The third-order valence-corrected chi connectivity index (χ3v) is 6.37.